The van der Waals surface area contributed by atoms with Crippen LogP contribution < -0.4 is 15.1 Å². The molecule has 0 aliphatic carbocycles. The monoisotopic (exact) mass is 446 g/mol. The van der Waals surface area contributed by atoms with Gasteiger partial charge in [-0.3, -0.25) is 4.79 Å². The summed E-state index contributed by atoms with van der Waals surface area (Å²) in [6, 6.07) is 6.09. The van der Waals surface area contributed by atoms with Crippen LogP contribution in [0, 0.1) is 17.2 Å². The van der Waals surface area contributed by atoms with Gasteiger partial charge in [-0.25, -0.2) is 9.97 Å². The molecule has 0 radical (unpaired) electrons. The fourth-order valence-corrected chi connectivity index (χ4v) is 5.27. The van der Waals surface area contributed by atoms with Gasteiger partial charge in [0.25, 0.3) is 5.91 Å². The van der Waals surface area contributed by atoms with E-state index in [0.717, 1.165) is 76.6 Å². The molecule has 0 aromatic carbocycles. The third kappa shape index (κ3) is 4.30. The Kier molecular flexibility index (Phi) is 5.99. The number of fused-ring (bicyclic) bond motifs is 3. The minimum atomic E-state index is 0.0493. The van der Waals surface area contributed by atoms with E-state index < -0.39 is 0 Å². The number of hydrogen-bond donors (Lipinski definition) is 1. The second-order valence-corrected chi connectivity index (χ2v) is 9.11. The van der Waals surface area contributed by atoms with Crippen molar-refractivity contribution in [3.8, 4) is 6.07 Å². The molecule has 3 aliphatic heterocycles. The van der Waals surface area contributed by atoms with Crippen molar-refractivity contribution in [1.29, 1.82) is 5.26 Å². The van der Waals surface area contributed by atoms with Crippen LogP contribution in [0.1, 0.15) is 48.5 Å². The molecule has 1 unspecified atom stereocenters. The van der Waals surface area contributed by atoms with Crippen molar-refractivity contribution in [1.82, 2.24) is 19.9 Å². The third-order valence-corrected chi connectivity index (χ3v) is 6.99. The molecule has 3 aliphatic rings. The summed E-state index contributed by atoms with van der Waals surface area (Å²) in [4.78, 5) is 33.7. The number of carbonyl (C=O) groups excluding carboxylic acids is 1. The van der Waals surface area contributed by atoms with E-state index in [1.165, 1.54) is 0 Å². The number of nitrogens with one attached hydrogen (secondary N) is 1. The molecule has 2 aromatic heterocycles. The number of aromatic nitrogens is 3. The van der Waals surface area contributed by atoms with Crippen LogP contribution in [0.2, 0.25) is 0 Å². The van der Waals surface area contributed by atoms with Crippen LogP contribution in [0.3, 0.4) is 0 Å². The smallest absolute Gasteiger partial charge is 0.259 e. The molecule has 0 bridgehead atoms. The number of pyridine rings is 1. The lowest BCUT2D eigenvalue weighted by Crippen LogP contribution is -2.44. The number of nitrogens with zero attached hydrogens (tertiary/aromatic N) is 7. The molecule has 9 heteroatoms. The zero-order valence-electron chi connectivity index (χ0n) is 19.1. The minimum absolute atomic E-state index is 0.0493. The zero-order valence-corrected chi connectivity index (χ0v) is 19.1. The van der Waals surface area contributed by atoms with E-state index in [1.807, 2.05) is 17.9 Å². The number of rotatable bonds is 5. The first-order chi connectivity index (χ1) is 16.2. The van der Waals surface area contributed by atoms with E-state index in [0.29, 0.717) is 29.0 Å². The van der Waals surface area contributed by atoms with Crippen molar-refractivity contribution in [3.05, 3.63) is 35.7 Å². The lowest BCUT2D eigenvalue weighted by atomic mass is 9.95. The average Bonchev–Trinajstić information content (AvgIpc) is 3.28. The van der Waals surface area contributed by atoms with E-state index >= 15 is 0 Å². The maximum atomic E-state index is 13.5. The molecule has 2 saturated heterocycles. The molecule has 1 atom stereocenters. The molecule has 1 N–H and O–H groups in total. The topological polar surface area (TPSA) is 101 Å². The maximum absolute atomic E-state index is 13.5. The number of nitriles is 1. The van der Waals surface area contributed by atoms with Gasteiger partial charge in [0.05, 0.1) is 11.6 Å². The van der Waals surface area contributed by atoms with E-state index in [4.69, 9.17) is 10.2 Å². The summed E-state index contributed by atoms with van der Waals surface area (Å²) in [7, 11) is 0. The highest BCUT2D eigenvalue weighted by molar-refractivity contribution is 5.99. The van der Waals surface area contributed by atoms with E-state index in [2.05, 4.69) is 31.2 Å². The molecule has 172 valence electrons. The Balaban J connectivity index is 1.29. The first-order valence-electron chi connectivity index (χ1n) is 11.9. The van der Waals surface area contributed by atoms with Gasteiger partial charge in [0, 0.05) is 57.7 Å². The SMILES string of the molecule is CCNc1ncc2c(n1)N1CCCC1CN(CC1CCN(c3cc(C#N)ccn3)CC1)C2=O. The van der Waals surface area contributed by atoms with E-state index in [9.17, 15) is 4.79 Å². The van der Waals surface area contributed by atoms with Crippen LogP contribution in [-0.4, -0.2) is 71.1 Å². The van der Waals surface area contributed by atoms with Gasteiger partial charge in [-0.05, 0) is 50.7 Å². The van der Waals surface area contributed by atoms with Crippen molar-refractivity contribution in [2.24, 2.45) is 5.92 Å². The van der Waals surface area contributed by atoms with Crippen molar-refractivity contribution in [3.63, 3.8) is 0 Å². The summed E-state index contributed by atoms with van der Waals surface area (Å²) >= 11 is 0. The van der Waals surface area contributed by atoms with Gasteiger partial charge in [-0.1, -0.05) is 0 Å². The van der Waals surface area contributed by atoms with Crippen molar-refractivity contribution in [2.75, 3.05) is 54.4 Å². The standard InChI is InChI=1S/C24H30N8O/c1-2-26-24-28-14-20-22(29-24)32-9-3-4-19(32)16-31(23(20)33)15-17-6-10-30(11-7-17)21-12-18(13-25)5-8-27-21/h5,8,12,14,17,19H,2-4,6-7,9-11,15-16H2,1H3,(H,26,28,29). The molecule has 2 aromatic rings. The van der Waals surface area contributed by atoms with Gasteiger partial charge in [-0.2, -0.15) is 10.2 Å². The van der Waals surface area contributed by atoms with Crippen LogP contribution in [0.5, 0.6) is 0 Å². The molecule has 1 amide bonds. The second kappa shape index (κ2) is 9.22. The lowest BCUT2D eigenvalue weighted by molar-refractivity contribution is 0.0716. The summed E-state index contributed by atoms with van der Waals surface area (Å²) in [5, 5.41) is 12.3. The number of piperidine rings is 1. The number of hydrogen-bond acceptors (Lipinski definition) is 8. The highest BCUT2D eigenvalue weighted by atomic mass is 16.2. The first-order valence-corrected chi connectivity index (χ1v) is 11.9. The Bertz CT molecular complexity index is 1060. The Morgan fingerprint density at radius 2 is 2.06 bits per heavy atom. The number of anilines is 3. The van der Waals surface area contributed by atoms with Crippen LogP contribution in [0.4, 0.5) is 17.6 Å². The minimum Gasteiger partial charge on any atom is -0.357 e. The molecule has 5 heterocycles. The average molecular weight is 447 g/mol. The summed E-state index contributed by atoms with van der Waals surface area (Å²) in [5.41, 5.74) is 1.26. The van der Waals surface area contributed by atoms with Crippen molar-refractivity contribution >= 4 is 23.5 Å². The second-order valence-electron chi connectivity index (χ2n) is 9.11. The fraction of sp³-hybridized carbons (Fsp3) is 0.542. The summed E-state index contributed by atoms with van der Waals surface area (Å²) in [6.07, 6.45) is 7.61. The van der Waals surface area contributed by atoms with Gasteiger partial charge in [0.15, 0.2) is 0 Å². The molecule has 0 spiro atoms. The normalized spacial score (nSPS) is 20.8. The first kappa shape index (κ1) is 21.4. The van der Waals surface area contributed by atoms with Crippen LogP contribution in [-0.2, 0) is 0 Å². The zero-order chi connectivity index (χ0) is 22.8. The molecule has 9 nitrogen and oxygen atoms in total. The summed E-state index contributed by atoms with van der Waals surface area (Å²) < 4.78 is 0. The Hall–Kier alpha value is -3.41. The van der Waals surface area contributed by atoms with Gasteiger partial charge in [-0.15, -0.1) is 0 Å². The molecule has 5 rings (SSSR count). The fourth-order valence-electron chi connectivity index (χ4n) is 5.27. The van der Waals surface area contributed by atoms with Gasteiger partial charge in [0.1, 0.15) is 17.2 Å². The number of carbonyl (C=O) groups is 1. The molecule has 33 heavy (non-hydrogen) atoms. The lowest BCUT2D eigenvalue weighted by Gasteiger charge is -2.36. The highest BCUT2D eigenvalue weighted by Gasteiger charge is 2.37. The third-order valence-electron chi connectivity index (χ3n) is 6.99. The van der Waals surface area contributed by atoms with E-state index in [-0.39, 0.29) is 5.91 Å². The van der Waals surface area contributed by atoms with Gasteiger partial charge >= 0.3 is 0 Å². The Labute approximate surface area is 194 Å². The molecular formula is C24H30N8O. The molecular weight excluding hydrogens is 416 g/mol. The van der Waals surface area contributed by atoms with E-state index in [1.54, 1.807) is 18.5 Å². The van der Waals surface area contributed by atoms with Crippen molar-refractivity contribution in [2.45, 2.75) is 38.6 Å². The van der Waals surface area contributed by atoms with Crippen LogP contribution >= 0.6 is 0 Å². The molecule has 0 saturated carbocycles. The Morgan fingerprint density at radius 1 is 1.21 bits per heavy atom. The van der Waals surface area contributed by atoms with Crippen LogP contribution in [0.25, 0.3) is 0 Å². The van der Waals surface area contributed by atoms with Gasteiger partial charge < -0.3 is 20.0 Å². The summed E-state index contributed by atoms with van der Waals surface area (Å²) in [5.74, 6) is 2.73. The predicted molar refractivity (Wildman–Crippen MR) is 126 cm³/mol. The quantitative estimate of drug-likeness (QED) is 0.748. The Morgan fingerprint density at radius 3 is 2.85 bits per heavy atom. The predicted octanol–water partition coefficient (Wildman–Crippen LogP) is 2.52. The highest BCUT2D eigenvalue weighted by Crippen LogP contribution is 2.33. The summed E-state index contributed by atoms with van der Waals surface area (Å²) in [6.45, 7) is 6.98. The number of amides is 1. The van der Waals surface area contributed by atoms with Crippen molar-refractivity contribution < 1.29 is 4.79 Å². The maximum Gasteiger partial charge on any atom is 0.259 e. The molecule has 2 fully saturated rings. The van der Waals surface area contributed by atoms with Crippen LogP contribution in [0.15, 0.2) is 24.5 Å². The van der Waals surface area contributed by atoms with Gasteiger partial charge in [0.2, 0.25) is 5.95 Å². The largest absolute Gasteiger partial charge is 0.357 e.